The Morgan fingerprint density at radius 2 is 1.81 bits per heavy atom. The Balaban J connectivity index is 1.75. The Hall–Kier alpha value is -2.86. The molecule has 2 amide bonds. The number of thioether (sulfide) groups is 1. The summed E-state index contributed by atoms with van der Waals surface area (Å²) in [7, 11) is 1.72. The van der Waals surface area contributed by atoms with Crippen molar-refractivity contribution in [1.82, 2.24) is 5.32 Å². The highest BCUT2D eigenvalue weighted by Gasteiger charge is 2.37. The van der Waals surface area contributed by atoms with Crippen LogP contribution in [0.4, 0.5) is 11.4 Å². The van der Waals surface area contributed by atoms with Crippen molar-refractivity contribution in [3.05, 3.63) is 64.1 Å². The molecule has 0 spiro atoms. The van der Waals surface area contributed by atoms with Gasteiger partial charge in [-0.25, -0.2) is 4.99 Å². The minimum atomic E-state index is -0.286. The first kappa shape index (κ1) is 16.6. The molecule has 6 heteroatoms. The van der Waals surface area contributed by atoms with Crippen LogP contribution in [0.5, 0.6) is 0 Å². The third-order valence-electron chi connectivity index (χ3n) is 4.63. The molecule has 0 aliphatic carbocycles. The fourth-order valence-electron chi connectivity index (χ4n) is 3.04. The van der Waals surface area contributed by atoms with Crippen LogP contribution in [0, 0.1) is 13.8 Å². The monoisotopic (exact) mass is 363 g/mol. The molecular formula is C20H17N3O2S. The molecule has 0 bridgehead atoms. The Labute approximate surface area is 155 Å². The molecule has 26 heavy (non-hydrogen) atoms. The zero-order valence-corrected chi connectivity index (χ0v) is 15.5. The lowest BCUT2D eigenvalue weighted by atomic mass is 10.1. The highest BCUT2D eigenvalue weighted by molar-refractivity contribution is 8.18. The predicted octanol–water partition coefficient (Wildman–Crippen LogP) is 3.54. The number of hydrogen-bond acceptors (Lipinski definition) is 4. The molecule has 0 aromatic heterocycles. The van der Waals surface area contributed by atoms with Gasteiger partial charge < -0.3 is 10.2 Å². The second-order valence-electron chi connectivity index (χ2n) is 6.33. The smallest absolute Gasteiger partial charge is 0.264 e. The molecular weight excluding hydrogens is 346 g/mol. The predicted molar refractivity (Wildman–Crippen MR) is 106 cm³/mol. The van der Waals surface area contributed by atoms with E-state index in [0.717, 1.165) is 22.5 Å². The normalized spacial score (nSPS) is 20.7. The first-order valence-electron chi connectivity index (χ1n) is 8.22. The second kappa shape index (κ2) is 6.14. The third kappa shape index (κ3) is 2.63. The lowest BCUT2D eigenvalue weighted by Crippen LogP contribution is -2.23. The minimum Gasteiger partial charge on any atom is -0.311 e. The zero-order valence-electron chi connectivity index (χ0n) is 14.7. The van der Waals surface area contributed by atoms with Crippen LogP contribution >= 0.6 is 11.8 Å². The molecule has 4 rings (SSSR count). The number of amides is 2. The van der Waals surface area contributed by atoms with Gasteiger partial charge in [0.1, 0.15) is 0 Å². The van der Waals surface area contributed by atoms with E-state index in [1.165, 1.54) is 17.3 Å². The van der Waals surface area contributed by atoms with Crippen molar-refractivity contribution in [3.8, 4) is 0 Å². The number of para-hydroxylation sites is 1. The number of aryl methyl sites for hydroxylation is 2. The van der Waals surface area contributed by atoms with Gasteiger partial charge in [-0.1, -0.05) is 24.3 Å². The van der Waals surface area contributed by atoms with Gasteiger partial charge in [0.2, 0.25) is 0 Å². The first-order chi connectivity index (χ1) is 12.5. The van der Waals surface area contributed by atoms with E-state index in [-0.39, 0.29) is 11.8 Å². The standard InChI is InChI=1S/C20H17N3O2S/c1-11-8-9-13(10-12(11)2)21-20-22-18(24)17(26-20)16-14-6-4-5-7-15(14)23(3)19(16)25/h4-10H,1-3H3,(H,21,22,24)/b17-16-. The summed E-state index contributed by atoms with van der Waals surface area (Å²) in [6.45, 7) is 4.07. The average Bonchev–Trinajstić information content (AvgIpc) is 3.09. The van der Waals surface area contributed by atoms with Gasteiger partial charge in [-0.2, -0.15) is 0 Å². The largest absolute Gasteiger partial charge is 0.311 e. The van der Waals surface area contributed by atoms with E-state index in [1.54, 1.807) is 11.9 Å². The summed E-state index contributed by atoms with van der Waals surface area (Å²) in [5, 5.41) is 3.26. The van der Waals surface area contributed by atoms with Crippen LogP contribution in [0.25, 0.3) is 5.57 Å². The van der Waals surface area contributed by atoms with Gasteiger partial charge in [-0.15, -0.1) is 0 Å². The summed E-state index contributed by atoms with van der Waals surface area (Å²) in [4.78, 5) is 31.7. The number of anilines is 1. The lowest BCUT2D eigenvalue weighted by Gasteiger charge is -2.08. The third-order valence-corrected chi connectivity index (χ3v) is 5.61. The topological polar surface area (TPSA) is 61.8 Å². The number of benzene rings is 2. The summed E-state index contributed by atoms with van der Waals surface area (Å²) < 4.78 is 0. The number of hydrogen-bond donors (Lipinski definition) is 1. The van der Waals surface area contributed by atoms with E-state index < -0.39 is 0 Å². The summed E-state index contributed by atoms with van der Waals surface area (Å²) in [6.07, 6.45) is 0. The Kier molecular flexibility index (Phi) is 3.92. The highest BCUT2D eigenvalue weighted by Crippen LogP contribution is 2.42. The lowest BCUT2D eigenvalue weighted by molar-refractivity contribution is -0.116. The van der Waals surface area contributed by atoms with Crippen LogP contribution in [0.3, 0.4) is 0 Å². The van der Waals surface area contributed by atoms with Gasteiger partial charge in [0.15, 0.2) is 5.17 Å². The number of amidine groups is 1. The number of nitrogens with zero attached hydrogens (tertiary/aromatic N) is 2. The first-order valence-corrected chi connectivity index (χ1v) is 9.04. The van der Waals surface area contributed by atoms with Crippen LogP contribution < -0.4 is 10.2 Å². The number of fused-ring (bicyclic) bond motifs is 1. The highest BCUT2D eigenvalue weighted by atomic mass is 32.2. The number of likely N-dealkylation sites (N-methyl/N-ethyl adjacent to an activating group) is 1. The molecule has 1 N–H and O–H groups in total. The Morgan fingerprint density at radius 3 is 2.58 bits per heavy atom. The van der Waals surface area contributed by atoms with E-state index in [2.05, 4.69) is 10.3 Å². The molecule has 5 nitrogen and oxygen atoms in total. The molecule has 0 radical (unpaired) electrons. The molecule has 2 heterocycles. The summed E-state index contributed by atoms with van der Waals surface area (Å²) >= 11 is 1.21. The maximum absolute atomic E-state index is 12.7. The van der Waals surface area contributed by atoms with Crippen molar-refractivity contribution in [2.75, 3.05) is 11.9 Å². The van der Waals surface area contributed by atoms with Crippen LogP contribution in [-0.4, -0.2) is 24.0 Å². The van der Waals surface area contributed by atoms with Crippen LogP contribution in [0.1, 0.15) is 16.7 Å². The van der Waals surface area contributed by atoms with Crippen LogP contribution in [-0.2, 0) is 9.59 Å². The fraction of sp³-hybridized carbons (Fsp3) is 0.150. The average molecular weight is 363 g/mol. The molecule has 130 valence electrons. The fourth-order valence-corrected chi connectivity index (χ4v) is 3.97. The SMILES string of the molecule is Cc1ccc(N=C2NC(=O)/C(=C3/C(=O)N(C)c4ccccc43)S2)cc1C. The van der Waals surface area contributed by atoms with Crippen LogP contribution in [0.15, 0.2) is 52.4 Å². The van der Waals surface area contributed by atoms with Crippen molar-refractivity contribution < 1.29 is 9.59 Å². The molecule has 0 unspecified atom stereocenters. The van der Waals surface area contributed by atoms with Gasteiger partial charge in [0.05, 0.1) is 21.9 Å². The Bertz CT molecular complexity index is 1020. The second-order valence-corrected chi connectivity index (χ2v) is 7.33. The zero-order chi connectivity index (χ0) is 18.4. The summed E-state index contributed by atoms with van der Waals surface area (Å²) in [6, 6.07) is 13.4. The van der Waals surface area contributed by atoms with E-state index >= 15 is 0 Å². The number of nitrogens with one attached hydrogen (secondary N) is 1. The molecule has 2 aliphatic heterocycles. The summed E-state index contributed by atoms with van der Waals surface area (Å²) in [5.41, 5.74) is 5.14. The molecule has 1 saturated heterocycles. The van der Waals surface area contributed by atoms with Gasteiger partial charge in [0.25, 0.3) is 11.8 Å². The van der Waals surface area contributed by atoms with E-state index in [4.69, 9.17) is 0 Å². The van der Waals surface area contributed by atoms with E-state index in [0.29, 0.717) is 15.6 Å². The Morgan fingerprint density at radius 1 is 1.04 bits per heavy atom. The molecule has 1 fully saturated rings. The minimum absolute atomic E-state index is 0.170. The number of carbonyl (C=O) groups is 2. The molecule has 2 aliphatic rings. The maximum Gasteiger partial charge on any atom is 0.264 e. The molecule has 2 aromatic carbocycles. The maximum atomic E-state index is 12.7. The van der Waals surface area contributed by atoms with Crippen molar-refractivity contribution in [1.29, 1.82) is 0 Å². The van der Waals surface area contributed by atoms with Gasteiger partial charge in [-0.05, 0) is 54.9 Å². The quantitative estimate of drug-likeness (QED) is 0.789. The van der Waals surface area contributed by atoms with Gasteiger partial charge in [-0.3, -0.25) is 9.59 Å². The summed E-state index contributed by atoms with van der Waals surface area (Å²) in [5.74, 6) is -0.456. The van der Waals surface area contributed by atoms with Crippen molar-refractivity contribution >= 4 is 45.7 Å². The van der Waals surface area contributed by atoms with Crippen molar-refractivity contribution in [2.45, 2.75) is 13.8 Å². The van der Waals surface area contributed by atoms with Gasteiger partial charge in [0, 0.05) is 12.6 Å². The number of carbonyl (C=O) groups excluding carboxylic acids is 2. The number of rotatable bonds is 1. The van der Waals surface area contributed by atoms with E-state index in [1.807, 2.05) is 56.3 Å². The molecule has 2 aromatic rings. The van der Waals surface area contributed by atoms with E-state index in [9.17, 15) is 9.59 Å². The molecule has 0 atom stereocenters. The molecule has 0 saturated carbocycles. The van der Waals surface area contributed by atoms with Crippen LogP contribution in [0.2, 0.25) is 0 Å². The van der Waals surface area contributed by atoms with Crippen molar-refractivity contribution in [2.24, 2.45) is 4.99 Å². The number of aliphatic imine (C=N–C) groups is 1. The van der Waals surface area contributed by atoms with Gasteiger partial charge >= 0.3 is 0 Å². The van der Waals surface area contributed by atoms with Crippen molar-refractivity contribution in [3.63, 3.8) is 0 Å².